The van der Waals surface area contributed by atoms with Crippen LogP contribution >= 0.6 is 0 Å². The van der Waals surface area contributed by atoms with Crippen LogP contribution in [0.5, 0.6) is 0 Å². The maximum Gasteiger partial charge on any atom is 0.306 e. The Kier molecular flexibility index (Phi) is 43.0. The van der Waals surface area contributed by atoms with Crippen LogP contribution in [-0.2, 0) is 28.6 Å². The minimum absolute atomic E-state index is 0.112. The highest BCUT2D eigenvalue weighted by Gasteiger charge is 2.19. The lowest BCUT2D eigenvalue weighted by Gasteiger charge is -2.18. The van der Waals surface area contributed by atoms with E-state index < -0.39 is 6.10 Å². The molecule has 0 aliphatic heterocycles. The maximum atomic E-state index is 12.7. The number of allylic oxidation sites excluding steroid dienone is 12. The largest absolute Gasteiger partial charge is 0.462 e. The molecule has 0 N–H and O–H groups in total. The second-order valence-electron chi connectivity index (χ2n) is 15.3. The van der Waals surface area contributed by atoms with E-state index in [1.807, 2.05) is 12.2 Å². The topological polar surface area (TPSA) is 78.9 Å². The highest BCUT2D eigenvalue weighted by Crippen LogP contribution is 2.14. The van der Waals surface area contributed by atoms with Crippen molar-refractivity contribution in [3.8, 4) is 0 Å². The number of unbranched alkanes of at least 4 members (excludes halogenated alkanes) is 18. The van der Waals surface area contributed by atoms with Crippen LogP contribution in [0.3, 0.4) is 0 Å². The van der Waals surface area contributed by atoms with Crippen molar-refractivity contribution in [3.63, 3.8) is 0 Å². The zero-order valence-corrected chi connectivity index (χ0v) is 37.1. The van der Waals surface area contributed by atoms with Gasteiger partial charge in [0.25, 0.3) is 0 Å². The van der Waals surface area contributed by atoms with Crippen LogP contribution < -0.4 is 0 Å². The van der Waals surface area contributed by atoms with Gasteiger partial charge in [-0.25, -0.2) is 0 Å². The van der Waals surface area contributed by atoms with Crippen LogP contribution in [-0.4, -0.2) is 37.2 Å². The molecule has 0 spiro atoms. The first-order valence-electron chi connectivity index (χ1n) is 23.4. The zero-order chi connectivity index (χ0) is 41.5. The van der Waals surface area contributed by atoms with E-state index in [0.29, 0.717) is 25.7 Å². The first kappa shape index (κ1) is 53.9. The van der Waals surface area contributed by atoms with Gasteiger partial charge >= 0.3 is 17.9 Å². The molecule has 0 amide bonds. The highest BCUT2D eigenvalue weighted by molar-refractivity contribution is 5.71. The van der Waals surface area contributed by atoms with Crippen molar-refractivity contribution in [3.05, 3.63) is 72.9 Å². The summed E-state index contributed by atoms with van der Waals surface area (Å²) in [7, 11) is 0. The van der Waals surface area contributed by atoms with Crippen molar-refractivity contribution in [1.29, 1.82) is 0 Å². The molecule has 1 unspecified atom stereocenters. The molecule has 57 heavy (non-hydrogen) atoms. The Hall–Kier alpha value is -3.15. The Labute approximate surface area is 351 Å². The van der Waals surface area contributed by atoms with Crippen molar-refractivity contribution in [2.75, 3.05) is 13.2 Å². The van der Waals surface area contributed by atoms with E-state index in [1.165, 1.54) is 96.3 Å². The van der Waals surface area contributed by atoms with E-state index in [1.54, 1.807) is 0 Å². The lowest BCUT2D eigenvalue weighted by molar-refractivity contribution is -0.166. The Morgan fingerprint density at radius 1 is 0.368 bits per heavy atom. The molecule has 0 aromatic heterocycles. The van der Waals surface area contributed by atoms with Gasteiger partial charge in [-0.05, 0) is 70.6 Å². The minimum Gasteiger partial charge on any atom is -0.462 e. The number of carbonyl (C=O) groups is 3. The molecule has 0 aromatic rings. The molecule has 0 saturated heterocycles. The fourth-order valence-electron chi connectivity index (χ4n) is 6.20. The van der Waals surface area contributed by atoms with Crippen molar-refractivity contribution in [1.82, 2.24) is 0 Å². The van der Waals surface area contributed by atoms with Gasteiger partial charge < -0.3 is 14.2 Å². The predicted octanol–water partition coefficient (Wildman–Crippen LogP) is 15.1. The Bertz CT molecular complexity index is 1100. The number of carbonyl (C=O) groups excluding carboxylic acids is 3. The molecular weight excluding hydrogens is 709 g/mol. The molecule has 0 saturated carbocycles. The van der Waals surface area contributed by atoms with Crippen LogP contribution in [0, 0.1) is 0 Å². The van der Waals surface area contributed by atoms with Crippen LogP contribution in [0.2, 0.25) is 0 Å². The van der Waals surface area contributed by atoms with Gasteiger partial charge in [0.05, 0.1) is 0 Å². The van der Waals surface area contributed by atoms with Gasteiger partial charge in [0.15, 0.2) is 6.10 Å². The number of ether oxygens (including phenoxy) is 3. The van der Waals surface area contributed by atoms with Crippen molar-refractivity contribution in [2.24, 2.45) is 0 Å². The number of rotatable bonds is 41. The third-order valence-corrected chi connectivity index (χ3v) is 9.71. The predicted molar refractivity (Wildman–Crippen MR) is 242 cm³/mol. The van der Waals surface area contributed by atoms with Crippen LogP contribution in [0.25, 0.3) is 0 Å². The number of hydrogen-bond acceptors (Lipinski definition) is 6. The summed E-state index contributed by atoms with van der Waals surface area (Å²) in [5, 5.41) is 0. The molecule has 0 heterocycles. The highest BCUT2D eigenvalue weighted by atomic mass is 16.6. The molecule has 6 nitrogen and oxygen atoms in total. The van der Waals surface area contributed by atoms with E-state index in [2.05, 4.69) is 81.5 Å². The molecule has 6 heteroatoms. The molecule has 0 bridgehead atoms. The molecule has 0 rings (SSSR count). The van der Waals surface area contributed by atoms with E-state index in [0.717, 1.165) is 64.2 Å². The van der Waals surface area contributed by atoms with Crippen molar-refractivity contribution in [2.45, 2.75) is 219 Å². The summed E-state index contributed by atoms with van der Waals surface area (Å²) in [6.07, 6.45) is 56.2. The van der Waals surface area contributed by atoms with E-state index in [9.17, 15) is 14.4 Å². The molecule has 326 valence electrons. The van der Waals surface area contributed by atoms with Crippen molar-refractivity contribution < 1.29 is 28.6 Å². The van der Waals surface area contributed by atoms with Gasteiger partial charge in [0.2, 0.25) is 0 Å². The molecule has 1 atom stereocenters. The first-order chi connectivity index (χ1) is 28.0. The van der Waals surface area contributed by atoms with Gasteiger partial charge in [-0.3, -0.25) is 14.4 Å². The van der Waals surface area contributed by atoms with E-state index in [-0.39, 0.29) is 37.5 Å². The third-order valence-electron chi connectivity index (χ3n) is 9.71. The van der Waals surface area contributed by atoms with Gasteiger partial charge in [-0.15, -0.1) is 0 Å². The van der Waals surface area contributed by atoms with Gasteiger partial charge in [0, 0.05) is 19.3 Å². The quantitative estimate of drug-likeness (QED) is 0.0265. The summed E-state index contributed by atoms with van der Waals surface area (Å²) in [6, 6.07) is 0. The standard InChI is InChI=1S/C51H86O6/c1-4-7-10-13-16-19-21-23-25-26-28-29-32-35-38-41-44-50(53)56-47-48(46-55-49(52)43-40-37-34-31-18-15-12-9-6-3)57-51(54)45-42-39-36-33-30-27-24-22-20-17-14-11-8-5-2/h7,10,16,19,23,25,28-29,31,34-35,38,48H,4-6,8-9,11-15,17-18,20-22,24,26-27,30,32-33,36-37,39-47H2,1-3H3/b10-7-,19-16-,25-23-,29-28-,34-31-,38-35-. The summed E-state index contributed by atoms with van der Waals surface area (Å²) in [4.78, 5) is 37.7. The zero-order valence-electron chi connectivity index (χ0n) is 37.1. The number of esters is 3. The van der Waals surface area contributed by atoms with Crippen LogP contribution in [0.4, 0.5) is 0 Å². The van der Waals surface area contributed by atoms with Gasteiger partial charge in [0.1, 0.15) is 13.2 Å². The summed E-state index contributed by atoms with van der Waals surface area (Å²) in [6.45, 7) is 6.38. The van der Waals surface area contributed by atoms with Crippen LogP contribution in [0.1, 0.15) is 213 Å². The third kappa shape index (κ3) is 43.8. The Morgan fingerprint density at radius 2 is 0.737 bits per heavy atom. The molecule has 0 aliphatic carbocycles. The summed E-state index contributed by atoms with van der Waals surface area (Å²) < 4.78 is 16.6. The Morgan fingerprint density at radius 3 is 1.23 bits per heavy atom. The first-order valence-corrected chi connectivity index (χ1v) is 23.4. The van der Waals surface area contributed by atoms with E-state index >= 15 is 0 Å². The van der Waals surface area contributed by atoms with E-state index in [4.69, 9.17) is 14.2 Å². The molecule has 0 aliphatic rings. The maximum absolute atomic E-state index is 12.7. The molecule has 0 fully saturated rings. The molecule has 0 aromatic carbocycles. The molecular formula is C51H86O6. The van der Waals surface area contributed by atoms with Gasteiger partial charge in [-0.1, -0.05) is 196 Å². The number of hydrogen-bond donors (Lipinski definition) is 0. The Balaban J connectivity index is 4.48. The monoisotopic (exact) mass is 795 g/mol. The summed E-state index contributed by atoms with van der Waals surface area (Å²) >= 11 is 0. The average molecular weight is 795 g/mol. The second-order valence-corrected chi connectivity index (χ2v) is 15.3. The fraction of sp³-hybridized carbons (Fsp3) is 0.706. The van der Waals surface area contributed by atoms with Crippen LogP contribution in [0.15, 0.2) is 72.9 Å². The summed E-state index contributed by atoms with van der Waals surface area (Å²) in [5.41, 5.74) is 0. The van der Waals surface area contributed by atoms with Gasteiger partial charge in [-0.2, -0.15) is 0 Å². The lowest BCUT2D eigenvalue weighted by atomic mass is 10.0. The fourth-order valence-corrected chi connectivity index (χ4v) is 6.20. The smallest absolute Gasteiger partial charge is 0.306 e. The molecule has 0 radical (unpaired) electrons. The summed E-state index contributed by atoms with van der Waals surface area (Å²) in [5.74, 6) is -1.03. The minimum atomic E-state index is -0.811. The SMILES string of the molecule is CC/C=C\C/C=C\C/C=C\C/C=C\C/C=C\CCC(=O)OCC(COC(=O)CCC/C=C\CCCCCC)OC(=O)CCCCCCCCCCCCCCCC. The van der Waals surface area contributed by atoms with Crippen molar-refractivity contribution >= 4 is 17.9 Å². The second kappa shape index (κ2) is 45.6. The normalized spacial score (nSPS) is 12.7. The average Bonchev–Trinajstić information content (AvgIpc) is 3.21. The lowest BCUT2D eigenvalue weighted by Crippen LogP contribution is -2.30.